The van der Waals surface area contributed by atoms with Crippen molar-refractivity contribution in [1.29, 1.82) is 0 Å². The van der Waals surface area contributed by atoms with Crippen LogP contribution in [0.2, 0.25) is 0 Å². The Hall–Kier alpha value is -2.14. The Morgan fingerprint density at radius 2 is 1.90 bits per heavy atom. The Labute approximate surface area is 126 Å². The molecule has 0 fully saturated rings. The largest absolute Gasteiger partial charge is 0.399 e. The van der Waals surface area contributed by atoms with Crippen molar-refractivity contribution in [2.45, 2.75) is 18.4 Å². The molecule has 5 heteroatoms. The standard InChI is InChI=1S/C16H18N2O2S/c1-12-9-14(7-8-15(12)17)21(20)11-16(19)18-10-13-5-3-2-4-6-13/h2-9H,10-11,17H2,1H3,(H,18,19). The van der Waals surface area contributed by atoms with Crippen molar-refractivity contribution < 1.29 is 9.00 Å². The van der Waals surface area contributed by atoms with Crippen LogP contribution in [0.3, 0.4) is 0 Å². The predicted octanol–water partition coefficient (Wildman–Crippen LogP) is 2.00. The maximum absolute atomic E-state index is 12.1. The van der Waals surface area contributed by atoms with E-state index in [1.54, 1.807) is 18.2 Å². The second-order valence-electron chi connectivity index (χ2n) is 4.77. The smallest absolute Gasteiger partial charge is 0.233 e. The average Bonchev–Trinajstić information content (AvgIpc) is 2.49. The molecule has 2 rings (SSSR count). The molecule has 0 heterocycles. The lowest BCUT2D eigenvalue weighted by Crippen LogP contribution is -2.27. The van der Waals surface area contributed by atoms with E-state index >= 15 is 0 Å². The zero-order chi connectivity index (χ0) is 15.2. The van der Waals surface area contributed by atoms with E-state index in [4.69, 9.17) is 5.73 Å². The molecule has 2 aromatic rings. The molecule has 4 nitrogen and oxygen atoms in total. The van der Waals surface area contributed by atoms with Gasteiger partial charge in [0.1, 0.15) is 5.75 Å². The van der Waals surface area contributed by atoms with Crippen molar-refractivity contribution in [2.75, 3.05) is 11.5 Å². The van der Waals surface area contributed by atoms with Crippen molar-refractivity contribution in [3.05, 3.63) is 59.7 Å². The van der Waals surface area contributed by atoms with E-state index in [0.29, 0.717) is 17.1 Å². The Kier molecular flexibility index (Phi) is 5.11. The Balaban J connectivity index is 1.90. The number of carbonyl (C=O) groups is 1. The summed E-state index contributed by atoms with van der Waals surface area (Å²) in [6, 6.07) is 14.8. The first-order valence-corrected chi connectivity index (χ1v) is 7.93. The molecule has 1 atom stereocenters. The van der Waals surface area contributed by atoms with Gasteiger partial charge in [-0.25, -0.2) is 0 Å². The topological polar surface area (TPSA) is 72.2 Å². The van der Waals surface area contributed by atoms with E-state index in [0.717, 1.165) is 11.1 Å². The Morgan fingerprint density at radius 3 is 2.57 bits per heavy atom. The Bertz CT molecular complexity index is 657. The number of benzene rings is 2. The molecule has 3 N–H and O–H groups in total. The lowest BCUT2D eigenvalue weighted by Gasteiger charge is -2.07. The molecule has 0 aliphatic carbocycles. The highest BCUT2D eigenvalue weighted by atomic mass is 32.2. The first-order chi connectivity index (χ1) is 10.1. The number of hydrogen-bond acceptors (Lipinski definition) is 3. The number of anilines is 1. The molecular weight excluding hydrogens is 284 g/mol. The fourth-order valence-electron chi connectivity index (χ4n) is 1.84. The lowest BCUT2D eigenvalue weighted by atomic mass is 10.2. The number of aryl methyl sites for hydroxylation is 1. The summed E-state index contributed by atoms with van der Waals surface area (Å²) in [6.45, 7) is 2.29. The molecule has 0 saturated heterocycles. The van der Waals surface area contributed by atoms with E-state index < -0.39 is 10.8 Å². The van der Waals surface area contributed by atoms with Gasteiger partial charge in [0.25, 0.3) is 0 Å². The molecule has 0 bridgehead atoms. The van der Waals surface area contributed by atoms with Crippen LogP contribution in [0.1, 0.15) is 11.1 Å². The van der Waals surface area contributed by atoms with Gasteiger partial charge in [-0.05, 0) is 36.2 Å². The molecule has 0 radical (unpaired) electrons. The van der Waals surface area contributed by atoms with E-state index in [1.807, 2.05) is 37.3 Å². The first kappa shape index (κ1) is 15.3. The molecular formula is C16H18N2O2S. The van der Waals surface area contributed by atoms with Crippen molar-refractivity contribution >= 4 is 22.4 Å². The van der Waals surface area contributed by atoms with Crippen molar-refractivity contribution in [2.24, 2.45) is 0 Å². The summed E-state index contributed by atoms with van der Waals surface area (Å²) in [7, 11) is -1.36. The van der Waals surface area contributed by atoms with Crippen LogP contribution in [0.15, 0.2) is 53.4 Å². The second kappa shape index (κ2) is 7.04. The van der Waals surface area contributed by atoms with Gasteiger partial charge < -0.3 is 11.1 Å². The minimum absolute atomic E-state index is 0.0454. The van der Waals surface area contributed by atoms with E-state index in [2.05, 4.69) is 5.32 Å². The van der Waals surface area contributed by atoms with E-state index in [9.17, 15) is 9.00 Å². The summed E-state index contributed by atoms with van der Waals surface area (Å²) < 4.78 is 12.1. The summed E-state index contributed by atoms with van der Waals surface area (Å²) in [5, 5.41) is 2.77. The highest BCUT2D eigenvalue weighted by Crippen LogP contribution is 2.15. The average molecular weight is 302 g/mol. The SMILES string of the molecule is Cc1cc(S(=O)CC(=O)NCc2ccccc2)ccc1N. The third-order valence-electron chi connectivity index (χ3n) is 3.10. The molecule has 0 aliphatic heterocycles. The number of nitrogens with two attached hydrogens (primary N) is 1. The first-order valence-electron chi connectivity index (χ1n) is 6.61. The molecule has 1 amide bonds. The van der Waals surface area contributed by atoms with Crippen molar-refractivity contribution in [3.8, 4) is 0 Å². The summed E-state index contributed by atoms with van der Waals surface area (Å²) in [5.41, 5.74) is 8.26. The molecule has 0 spiro atoms. The maximum atomic E-state index is 12.1. The summed E-state index contributed by atoms with van der Waals surface area (Å²) in [5.74, 6) is -0.275. The third-order valence-corrected chi connectivity index (χ3v) is 4.40. The monoisotopic (exact) mass is 302 g/mol. The number of hydrogen-bond donors (Lipinski definition) is 2. The van der Waals surface area contributed by atoms with Gasteiger partial charge in [-0.2, -0.15) is 0 Å². The van der Waals surface area contributed by atoms with Gasteiger partial charge in [0, 0.05) is 17.1 Å². The molecule has 0 aromatic heterocycles. The highest BCUT2D eigenvalue weighted by molar-refractivity contribution is 7.85. The van der Waals surface area contributed by atoms with Crippen LogP contribution in [0.25, 0.3) is 0 Å². The molecule has 0 aliphatic rings. The molecule has 2 aromatic carbocycles. The maximum Gasteiger partial charge on any atom is 0.233 e. The number of rotatable bonds is 5. The van der Waals surface area contributed by atoms with E-state index in [1.165, 1.54) is 0 Å². The van der Waals surface area contributed by atoms with Crippen LogP contribution in [0, 0.1) is 6.92 Å². The Morgan fingerprint density at radius 1 is 1.19 bits per heavy atom. The number of nitrogen functional groups attached to an aromatic ring is 1. The third kappa shape index (κ3) is 4.43. The zero-order valence-corrected chi connectivity index (χ0v) is 12.7. The van der Waals surface area contributed by atoms with Gasteiger partial charge in [0.15, 0.2) is 0 Å². The van der Waals surface area contributed by atoms with Crippen LogP contribution >= 0.6 is 0 Å². The van der Waals surface area contributed by atoms with E-state index in [-0.39, 0.29) is 11.7 Å². The van der Waals surface area contributed by atoms with Gasteiger partial charge in [-0.1, -0.05) is 30.3 Å². The summed E-state index contributed by atoms with van der Waals surface area (Å²) >= 11 is 0. The van der Waals surface area contributed by atoms with Crippen molar-refractivity contribution in [3.63, 3.8) is 0 Å². The highest BCUT2D eigenvalue weighted by Gasteiger charge is 2.10. The van der Waals surface area contributed by atoms with Gasteiger partial charge in [-0.3, -0.25) is 9.00 Å². The number of amides is 1. The van der Waals surface area contributed by atoms with Crippen molar-refractivity contribution in [1.82, 2.24) is 5.32 Å². The van der Waals surface area contributed by atoms with Gasteiger partial charge in [0.05, 0.1) is 10.8 Å². The van der Waals surface area contributed by atoms with Crippen LogP contribution in [0.5, 0.6) is 0 Å². The summed E-state index contributed by atoms with van der Waals surface area (Å²) in [6.07, 6.45) is 0. The summed E-state index contributed by atoms with van der Waals surface area (Å²) in [4.78, 5) is 12.4. The molecule has 0 saturated carbocycles. The van der Waals surface area contributed by atoms with Crippen LogP contribution in [-0.2, 0) is 22.1 Å². The van der Waals surface area contributed by atoms with Crippen LogP contribution < -0.4 is 11.1 Å². The minimum Gasteiger partial charge on any atom is -0.399 e. The number of carbonyl (C=O) groups excluding carboxylic acids is 1. The zero-order valence-electron chi connectivity index (χ0n) is 11.8. The second-order valence-corrected chi connectivity index (χ2v) is 6.22. The molecule has 21 heavy (non-hydrogen) atoms. The number of nitrogens with one attached hydrogen (secondary N) is 1. The normalized spacial score (nSPS) is 11.9. The van der Waals surface area contributed by atoms with Gasteiger partial charge in [0.2, 0.25) is 5.91 Å². The lowest BCUT2D eigenvalue weighted by molar-refractivity contribution is -0.118. The molecule has 110 valence electrons. The van der Waals surface area contributed by atoms with Crippen LogP contribution in [0.4, 0.5) is 5.69 Å². The predicted molar refractivity (Wildman–Crippen MR) is 85.2 cm³/mol. The van der Waals surface area contributed by atoms with Gasteiger partial charge in [-0.15, -0.1) is 0 Å². The van der Waals surface area contributed by atoms with Gasteiger partial charge >= 0.3 is 0 Å². The quantitative estimate of drug-likeness (QED) is 0.830. The minimum atomic E-state index is -1.36. The fourth-order valence-corrected chi connectivity index (χ4v) is 2.87. The van der Waals surface area contributed by atoms with Crippen LogP contribution in [-0.4, -0.2) is 15.9 Å². The molecule has 1 unspecified atom stereocenters. The fraction of sp³-hybridized carbons (Fsp3) is 0.188.